The summed E-state index contributed by atoms with van der Waals surface area (Å²) in [6.45, 7) is 3.25. The Balaban J connectivity index is 1.77. The van der Waals surface area contributed by atoms with Gasteiger partial charge in [-0.25, -0.2) is 4.99 Å². The van der Waals surface area contributed by atoms with E-state index in [-0.39, 0.29) is 17.0 Å². The summed E-state index contributed by atoms with van der Waals surface area (Å²) in [6.07, 6.45) is 1.61. The van der Waals surface area contributed by atoms with Crippen LogP contribution in [0.4, 0.5) is 5.69 Å². The fraction of sp³-hybridized carbons (Fsp3) is 0.227. The van der Waals surface area contributed by atoms with Crippen molar-refractivity contribution in [3.63, 3.8) is 0 Å². The highest BCUT2D eigenvalue weighted by Crippen LogP contribution is 2.47. The first-order valence-corrected chi connectivity index (χ1v) is 10.5. The molecule has 3 atom stereocenters. The van der Waals surface area contributed by atoms with E-state index in [1.54, 1.807) is 29.7 Å². The number of hydrogen-bond acceptors (Lipinski definition) is 7. The summed E-state index contributed by atoms with van der Waals surface area (Å²) >= 11 is 1.18. The van der Waals surface area contributed by atoms with Gasteiger partial charge in [-0.1, -0.05) is 41.7 Å². The summed E-state index contributed by atoms with van der Waals surface area (Å²) < 4.78 is 8.09. The van der Waals surface area contributed by atoms with Crippen molar-refractivity contribution in [1.29, 1.82) is 0 Å². The molecule has 3 heterocycles. The number of nitro groups is 1. The first kappa shape index (κ1) is 19.4. The van der Waals surface area contributed by atoms with Crippen LogP contribution in [0.5, 0.6) is 5.75 Å². The topological polar surface area (TPSA) is 104 Å². The maximum Gasteiger partial charge on any atom is 0.270 e. The summed E-state index contributed by atoms with van der Waals surface area (Å²) in [6, 6.07) is 12.9. The molecule has 0 saturated carbocycles. The molecule has 0 spiro atoms. The highest BCUT2D eigenvalue weighted by molar-refractivity contribution is 7.07. The molecule has 156 valence electrons. The number of para-hydroxylation sites is 1. The van der Waals surface area contributed by atoms with E-state index in [0.717, 1.165) is 5.56 Å². The lowest BCUT2D eigenvalue weighted by Gasteiger charge is -2.45. The number of hydrogen-bond donors (Lipinski definition) is 0. The van der Waals surface area contributed by atoms with E-state index in [1.165, 1.54) is 30.4 Å². The molecule has 5 rings (SSSR count). The van der Waals surface area contributed by atoms with Crippen LogP contribution in [0.2, 0.25) is 0 Å². The number of carbonyl (C=O) groups is 1. The van der Waals surface area contributed by atoms with Crippen molar-refractivity contribution in [2.75, 3.05) is 0 Å². The molecule has 0 aliphatic carbocycles. The number of fused-ring (bicyclic) bond motifs is 6. The van der Waals surface area contributed by atoms with Gasteiger partial charge in [0.2, 0.25) is 5.72 Å². The Hall–Kier alpha value is -3.59. The fourth-order valence-electron chi connectivity index (χ4n) is 4.44. The number of carbonyl (C=O) groups excluding carboxylic acids is 1. The van der Waals surface area contributed by atoms with Crippen LogP contribution in [0.3, 0.4) is 0 Å². The van der Waals surface area contributed by atoms with Gasteiger partial charge in [0.05, 0.1) is 15.5 Å². The second-order valence-electron chi connectivity index (χ2n) is 7.76. The average molecular weight is 435 g/mol. The number of ketones is 1. The molecule has 2 aliphatic rings. The van der Waals surface area contributed by atoms with Crippen molar-refractivity contribution >= 4 is 28.9 Å². The second-order valence-corrected chi connectivity index (χ2v) is 8.77. The largest absolute Gasteiger partial charge is 0.465 e. The first-order chi connectivity index (χ1) is 14.8. The first-order valence-electron chi connectivity index (χ1n) is 9.64. The van der Waals surface area contributed by atoms with E-state index in [0.29, 0.717) is 20.6 Å². The van der Waals surface area contributed by atoms with Crippen molar-refractivity contribution in [3.05, 3.63) is 89.5 Å². The lowest BCUT2D eigenvalue weighted by Crippen LogP contribution is -2.58. The van der Waals surface area contributed by atoms with Crippen molar-refractivity contribution in [3.8, 4) is 5.75 Å². The number of nitrogens with zero attached hydrogens (tertiary/aromatic N) is 3. The predicted octanol–water partition coefficient (Wildman–Crippen LogP) is 2.18. The molecule has 9 heteroatoms. The van der Waals surface area contributed by atoms with Crippen LogP contribution in [-0.4, -0.2) is 21.0 Å². The van der Waals surface area contributed by atoms with Crippen molar-refractivity contribution in [2.45, 2.75) is 25.6 Å². The summed E-state index contributed by atoms with van der Waals surface area (Å²) in [5, 5.41) is 11.1. The molecule has 3 aromatic rings. The lowest BCUT2D eigenvalue weighted by molar-refractivity contribution is -0.384. The lowest BCUT2D eigenvalue weighted by atomic mass is 9.79. The predicted molar refractivity (Wildman–Crippen MR) is 114 cm³/mol. The third-order valence-corrected chi connectivity index (χ3v) is 6.68. The quantitative estimate of drug-likeness (QED) is 0.463. The van der Waals surface area contributed by atoms with E-state index in [1.807, 2.05) is 24.3 Å². The normalized spacial score (nSPS) is 23.9. The van der Waals surface area contributed by atoms with E-state index >= 15 is 0 Å². The molecule has 2 bridgehead atoms. The van der Waals surface area contributed by atoms with Gasteiger partial charge in [0.25, 0.3) is 11.2 Å². The zero-order valence-corrected chi connectivity index (χ0v) is 17.5. The molecule has 0 fully saturated rings. The molecular weight excluding hydrogens is 418 g/mol. The molecule has 0 amide bonds. The Kier molecular flexibility index (Phi) is 4.19. The number of nitro benzene ring substituents is 1. The number of thiazole rings is 1. The Morgan fingerprint density at radius 3 is 2.81 bits per heavy atom. The molecule has 31 heavy (non-hydrogen) atoms. The van der Waals surface area contributed by atoms with Crippen LogP contribution < -0.4 is 19.6 Å². The zero-order valence-electron chi connectivity index (χ0n) is 16.6. The van der Waals surface area contributed by atoms with E-state index < -0.39 is 22.6 Å². The minimum Gasteiger partial charge on any atom is -0.465 e. The minimum absolute atomic E-state index is 0.0535. The molecule has 1 aromatic heterocycles. The maximum atomic E-state index is 13.4. The summed E-state index contributed by atoms with van der Waals surface area (Å²) in [5.41, 5.74) is -0.157. The number of aromatic nitrogens is 1. The van der Waals surface area contributed by atoms with Gasteiger partial charge in [-0.2, -0.15) is 0 Å². The van der Waals surface area contributed by atoms with Crippen LogP contribution in [0.15, 0.2) is 58.3 Å². The Bertz CT molecular complexity index is 1440. The smallest absolute Gasteiger partial charge is 0.270 e. The summed E-state index contributed by atoms with van der Waals surface area (Å²) in [4.78, 5) is 41.8. The number of Topliss-reactive ketones (excluding diaryl/α,β-unsaturated/α-hetero) is 1. The minimum atomic E-state index is -1.12. The van der Waals surface area contributed by atoms with Gasteiger partial charge in [0.1, 0.15) is 17.5 Å². The highest BCUT2D eigenvalue weighted by Gasteiger charge is 2.53. The number of ether oxygens (including phenoxy) is 1. The fourth-order valence-corrected chi connectivity index (χ4v) is 5.53. The van der Waals surface area contributed by atoms with E-state index in [4.69, 9.17) is 4.74 Å². The van der Waals surface area contributed by atoms with Gasteiger partial charge in [0, 0.05) is 17.7 Å². The van der Waals surface area contributed by atoms with Crippen molar-refractivity contribution in [2.24, 2.45) is 10.9 Å². The number of benzene rings is 2. The molecule has 0 radical (unpaired) electrons. The third kappa shape index (κ3) is 2.92. The monoisotopic (exact) mass is 435 g/mol. The molecule has 0 N–H and O–H groups in total. The van der Waals surface area contributed by atoms with Gasteiger partial charge in [-0.05, 0) is 31.6 Å². The maximum absolute atomic E-state index is 13.4. The van der Waals surface area contributed by atoms with E-state index in [2.05, 4.69) is 4.99 Å². The molecule has 2 aromatic carbocycles. The van der Waals surface area contributed by atoms with Crippen molar-refractivity contribution in [1.82, 2.24) is 4.57 Å². The van der Waals surface area contributed by atoms with Crippen LogP contribution in [-0.2, 0) is 4.79 Å². The molecule has 0 saturated heterocycles. The third-order valence-electron chi connectivity index (χ3n) is 5.70. The van der Waals surface area contributed by atoms with Crippen LogP contribution in [0.25, 0.3) is 6.08 Å². The number of non-ortho nitro benzene ring substituents is 1. The molecular formula is C22H17N3O5S. The summed E-state index contributed by atoms with van der Waals surface area (Å²) in [7, 11) is 0. The standard InChI is InChI=1S/C22H17N3O5S/c1-12(26)18-19-15-8-3-4-9-16(15)30-22(18,2)23-21-24(19)20(27)17(31-21)11-13-6-5-7-14(10-13)25(28)29/h3-11,18-19H,1-2H3/b17-11-/t18-,19-,22-/m0/s1. The van der Waals surface area contributed by atoms with Gasteiger partial charge in [-0.15, -0.1) is 0 Å². The second kappa shape index (κ2) is 6.71. The van der Waals surface area contributed by atoms with Crippen LogP contribution in [0.1, 0.15) is 31.0 Å². The van der Waals surface area contributed by atoms with E-state index in [9.17, 15) is 19.7 Å². The Morgan fingerprint density at radius 1 is 1.29 bits per heavy atom. The van der Waals surface area contributed by atoms with Gasteiger partial charge < -0.3 is 4.74 Å². The average Bonchev–Trinajstić information content (AvgIpc) is 3.01. The number of rotatable bonds is 3. The Morgan fingerprint density at radius 2 is 2.06 bits per heavy atom. The summed E-state index contributed by atoms with van der Waals surface area (Å²) in [5.74, 6) is -0.157. The molecule has 8 nitrogen and oxygen atoms in total. The highest BCUT2D eigenvalue weighted by atomic mass is 32.1. The van der Waals surface area contributed by atoms with Crippen LogP contribution >= 0.6 is 11.3 Å². The van der Waals surface area contributed by atoms with Gasteiger partial charge in [-0.3, -0.25) is 24.3 Å². The van der Waals surface area contributed by atoms with Gasteiger partial charge in [0.15, 0.2) is 4.80 Å². The zero-order chi connectivity index (χ0) is 21.9. The van der Waals surface area contributed by atoms with Crippen LogP contribution in [0, 0.1) is 16.0 Å². The van der Waals surface area contributed by atoms with Crippen molar-refractivity contribution < 1.29 is 14.5 Å². The SMILES string of the molecule is CC(=O)[C@H]1[C@@H]2c3ccccc3O[C@]1(C)N=c1s/c(=C\c3cccc([N+](=O)[O-])c3)c(=O)n12. The Labute approximate surface area is 179 Å². The molecule has 0 unspecified atom stereocenters. The van der Waals surface area contributed by atoms with Gasteiger partial charge >= 0.3 is 0 Å². The molecule has 2 aliphatic heterocycles.